The van der Waals surface area contributed by atoms with Crippen molar-refractivity contribution in [2.45, 2.75) is 0 Å². The fourth-order valence-corrected chi connectivity index (χ4v) is 2.85. The van der Waals surface area contributed by atoms with Gasteiger partial charge in [-0.25, -0.2) is 0 Å². The first-order valence-electron chi connectivity index (χ1n) is 7.57. The number of carbonyl (C=O) groups excluding carboxylic acids is 2. The highest BCUT2D eigenvalue weighted by Crippen LogP contribution is 2.35. The van der Waals surface area contributed by atoms with E-state index in [1.54, 1.807) is 42.7 Å². The molecule has 0 aromatic heterocycles. The lowest BCUT2D eigenvalue weighted by atomic mass is 9.87. The van der Waals surface area contributed by atoms with E-state index < -0.39 is 11.6 Å². The second-order valence-corrected chi connectivity index (χ2v) is 5.90. The molecule has 0 amide bonds. The van der Waals surface area contributed by atoms with Crippen LogP contribution in [0, 0.1) is 22.9 Å². The maximum Gasteiger partial charge on any atom is 0.215 e. The molecule has 0 unspecified atom stereocenters. The van der Waals surface area contributed by atoms with Gasteiger partial charge >= 0.3 is 0 Å². The fourth-order valence-electron chi connectivity index (χ4n) is 2.72. The minimum Gasteiger partial charge on any atom is -0.398 e. The number of carbonyl (C=O) groups is 2. The first-order chi connectivity index (χ1) is 13.0. The quantitative estimate of drug-likeness (QED) is 0.360. The molecule has 0 bridgehead atoms. The molecule has 0 fully saturated rings. The second-order valence-electron chi connectivity index (χ2n) is 5.47. The van der Waals surface area contributed by atoms with E-state index in [0.717, 1.165) is 0 Å². The van der Waals surface area contributed by atoms with Crippen molar-refractivity contribution in [3.05, 3.63) is 63.9 Å². The molecule has 132 valence electrons. The molecule has 9 heteroatoms. The number of hydrogen-bond acceptors (Lipinski definition) is 8. The van der Waals surface area contributed by atoms with Crippen LogP contribution in [0.1, 0.15) is 20.7 Å². The summed E-state index contributed by atoms with van der Waals surface area (Å²) >= 11 is 5.87. The van der Waals surface area contributed by atoms with Crippen molar-refractivity contribution >= 4 is 40.2 Å². The monoisotopic (exact) mass is 378 g/mol. The zero-order valence-corrected chi connectivity index (χ0v) is 14.4. The van der Waals surface area contributed by atoms with Gasteiger partial charge in [0.05, 0.1) is 16.8 Å². The number of nitrogens with two attached hydrogens (primary N) is 1. The van der Waals surface area contributed by atoms with E-state index in [1.807, 2.05) is 0 Å². The number of Topliss-reactive ketones (excluding diaryl/α,β-unsaturated/α-hetero) is 2. The van der Waals surface area contributed by atoms with Crippen LogP contribution in [-0.2, 0) is 0 Å². The van der Waals surface area contributed by atoms with E-state index >= 15 is 0 Å². The SMILES string of the molecule is N#CNC1=C(NC#N)C(=O)c2c(Nc3ccc(Cl)cc3)ccc(N)c2C1=O. The van der Waals surface area contributed by atoms with E-state index in [2.05, 4.69) is 16.0 Å². The number of benzene rings is 2. The predicted octanol–water partition coefficient (Wildman–Crippen LogP) is 2.40. The van der Waals surface area contributed by atoms with Crippen molar-refractivity contribution in [3.8, 4) is 12.4 Å². The number of allylic oxidation sites excluding steroid dienone is 2. The molecule has 0 radical (unpaired) electrons. The maximum absolute atomic E-state index is 13.0. The van der Waals surface area contributed by atoms with E-state index in [0.29, 0.717) is 16.4 Å². The van der Waals surface area contributed by atoms with Crippen LogP contribution in [0.3, 0.4) is 0 Å². The summed E-state index contributed by atoms with van der Waals surface area (Å²) < 4.78 is 0. The van der Waals surface area contributed by atoms with Gasteiger partial charge in [0, 0.05) is 16.4 Å². The molecular formula is C18H11ClN6O2. The first-order valence-corrected chi connectivity index (χ1v) is 7.94. The molecule has 8 nitrogen and oxygen atoms in total. The van der Waals surface area contributed by atoms with Crippen molar-refractivity contribution in [3.63, 3.8) is 0 Å². The number of nitrogens with one attached hydrogen (secondary N) is 3. The largest absolute Gasteiger partial charge is 0.398 e. The Bertz CT molecular complexity index is 1080. The number of nitriles is 2. The van der Waals surface area contributed by atoms with Crippen LogP contribution in [0.2, 0.25) is 5.02 Å². The van der Waals surface area contributed by atoms with Crippen molar-refractivity contribution < 1.29 is 9.59 Å². The molecule has 1 aliphatic carbocycles. The molecule has 2 aromatic carbocycles. The Balaban J connectivity index is 2.17. The van der Waals surface area contributed by atoms with Crippen LogP contribution in [0.4, 0.5) is 17.1 Å². The number of halogens is 1. The zero-order chi connectivity index (χ0) is 19.6. The molecule has 0 saturated carbocycles. The Hall–Kier alpha value is -4.01. The molecule has 5 N–H and O–H groups in total. The molecule has 27 heavy (non-hydrogen) atoms. The topological polar surface area (TPSA) is 144 Å². The third kappa shape index (κ3) is 3.13. The summed E-state index contributed by atoms with van der Waals surface area (Å²) in [6.45, 7) is 0. The van der Waals surface area contributed by atoms with Gasteiger partial charge in [0.25, 0.3) is 0 Å². The van der Waals surface area contributed by atoms with Gasteiger partial charge in [0.2, 0.25) is 11.6 Å². The molecule has 2 aromatic rings. The van der Waals surface area contributed by atoms with Gasteiger partial charge in [-0.05, 0) is 36.4 Å². The van der Waals surface area contributed by atoms with Crippen LogP contribution in [0.5, 0.6) is 0 Å². The van der Waals surface area contributed by atoms with Crippen LogP contribution >= 0.6 is 11.6 Å². The molecule has 3 rings (SSSR count). The highest BCUT2D eigenvalue weighted by molar-refractivity contribution is 6.31. The number of rotatable bonds is 4. The first kappa shape index (κ1) is 17.8. The standard InChI is InChI=1S/C18H11ClN6O2/c19-9-1-3-10(4-2-9)25-12-6-5-11(22)13-14(12)18(27)16(24-8-21)15(17(13)26)23-7-20/h1-6,23-25H,22H2. The van der Waals surface area contributed by atoms with Gasteiger partial charge in [0.15, 0.2) is 12.4 Å². The Labute approximate surface area is 158 Å². The van der Waals surface area contributed by atoms with E-state index in [9.17, 15) is 9.59 Å². The lowest BCUT2D eigenvalue weighted by Gasteiger charge is -2.23. The summed E-state index contributed by atoms with van der Waals surface area (Å²) in [7, 11) is 0. The molecule has 0 atom stereocenters. The second kappa shape index (κ2) is 7.08. The van der Waals surface area contributed by atoms with Gasteiger partial charge in [-0.3, -0.25) is 20.2 Å². The molecule has 0 heterocycles. The molecule has 0 aliphatic heterocycles. The normalized spacial score (nSPS) is 12.7. The number of anilines is 3. The van der Waals surface area contributed by atoms with E-state index in [1.165, 1.54) is 6.07 Å². The van der Waals surface area contributed by atoms with Crippen LogP contribution in [-0.4, -0.2) is 11.6 Å². The molecule has 1 aliphatic rings. The zero-order valence-electron chi connectivity index (χ0n) is 13.6. The highest BCUT2D eigenvalue weighted by Gasteiger charge is 2.36. The Morgan fingerprint density at radius 1 is 0.852 bits per heavy atom. The van der Waals surface area contributed by atoms with Crippen molar-refractivity contribution in [2.75, 3.05) is 11.1 Å². The Morgan fingerprint density at radius 3 is 1.96 bits per heavy atom. The smallest absolute Gasteiger partial charge is 0.215 e. The number of nitrogen functional groups attached to an aromatic ring is 1. The van der Waals surface area contributed by atoms with Gasteiger partial charge in [-0.15, -0.1) is 0 Å². The third-order valence-corrected chi connectivity index (χ3v) is 4.13. The minimum absolute atomic E-state index is 0.0104. The number of hydrogen-bond donors (Lipinski definition) is 4. The van der Waals surface area contributed by atoms with Crippen LogP contribution < -0.4 is 21.7 Å². The maximum atomic E-state index is 13.0. The van der Waals surface area contributed by atoms with Crippen molar-refractivity contribution in [2.24, 2.45) is 0 Å². The Kier molecular flexibility index (Phi) is 4.67. The van der Waals surface area contributed by atoms with Crippen molar-refractivity contribution in [1.29, 1.82) is 10.5 Å². The highest BCUT2D eigenvalue weighted by atomic mass is 35.5. The van der Waals surface area contributed by atoms with Crippen molar-refractivity contribution in [1.82, 2.24) is 10.6 Å². The summed E-state index contributed by atoms with van der Waals surface area (Å²) in [4.78, 5) is 25.8. The average molecular weight is 379 g/mol. The summed E-state index contributed by atoms with van der Waals surface area (Å²) in [6.07, 6.45) is 3.19. The summed E-state index contributed by atoms with van der Waals surface area (Å²) in [5.74, 6) is -1.31. The van der Waals surface area contributed by atoms with Gasteiger partial charge in [0.1, 0.15) is 11.4 Å². The molecular weight excluding hydrogens is 368 g/mol. The summed E-state index contributed by atoms with van der Waals surface area (Å²) in [5.41, 5.74) is 6.28. The summed E-state index contributed by atoms with van der Waals surface area (Å²) in [6, 6.07) is 9.77. The Morgan fingerprint density at radius 2 is 1.41 bits per heavy atom. The fraction of sp³-hybridized carbons (Fsp3) is 0. The number of nitrogens with zero attached hydrogens (tertiary/aromatic N) is 2. The predicted molar refractivity (Wildman–Crippen MR) is 98.8 cm³/mol. The van der Waals surface area contributed by atoms with E-state index in [4.69, 9.17) is 27.9 Å². The number of ketones is 2. The van der Waals surface area contributed by atoms with Gasteiger partial charge in [-0.2, -0.15) is 10.5 Å². The molecule has 0 spiro atoms. The van der Waals surface area contributed by atoms with Crippen LogP contribution in [0.15, 0.2) is 47.8 Å². The van der Waals surface area contributed by atoms with E-state index in [-0.39, 0.29) is 28.2 Å². The minimum atomic E-state index is -0.666. The van der Waals surface area contributed by atoms with Gasteiger partial charge in [-0.1, -0.05) is 11.6 Å². The van der Waals surface area contributed by atoms with Gasteiger partial charge < -0.3 is 11.1 Å². The van der Waals surface area contributed by atoms with Crippen LogP contribution in [0.25, 0.3) is 0 Å². The lowest BCUT2D eigenvalue weighted by molar-refractivity contribution is 0.0968. The molecule has 0 saturated heterocycles. The lowest BCUT2D eigenvalue weighted by Crippen LogP contribution is -2.34. The number of fused-ring (bicyclic) bond motifs is 1. The summed E-state index contributed by atoms with van der Waals surface area (Å²) in [5, 5.41) is 25.7. The average Bonchev–Trinajstić information content (AvgIpc) is 2.65. The third-order valence-electron chi connectivity index (χ3n) is 3.88.